The minimum absolute atomic E-state index is 0.0889. The van der Waals surface area contributed by atoms with Crippen LogP contribution in [0.4, 0.5) is 14.6 Å². The number of nitrogens with zero attached hydrogens (tertiary/aromatic N) is 3. The summed E-state index contributed by atoms with van der Waals surface area (Å²) in [6.45, 7) is 1.16. The highest BCUT2D eigenvalue weighted by Gasteiger charge is 2.34. The number of aromatic amines is 1. The maximum absolute atomic E-state index is 16.5. The summed E-state index contributed by atoms with van der Waals surface area (Å²) in [4.78, 5) is 35.9. The van der Waals surface area contributed by atoms with Crippen molar-refractivity contribution in [3.63, 3.8) is 0 Å². The van der Waals surface area contributed by atoms with E-state index >= 15 is 4.39 Å². The average Bonchev–Trinajstić information content (AvgIpc) is 3.21. The normalized spacial score (nSPS) is 18.4. The molecule has 0 radical (unpaired) electrons. The van der Waals surface area contributed by atoms with Crippen LogP contribution >= 0.6 is 0 Å². The van der Waals surface area contributed by atoms with Gasteiger partial charge in [-0.25, -0.2) is 18.6 Å². The Balaban J connectivity index is 1.86. The Bertz CT molecular complexity index is 1500. The zero-order valence-electron chi connectivity index (χ0n) is 19.0. The molecular weight excluding hydrogens is 468 g/mol. The molecule has 2 N–H and O–H groups in total. The second kappa shape index (κ2) is 9.71. The number of fused-ring (bicyclic) bond motifs is 3. The maximum Gasteiger partial charge on any atom is 0.346 e. The summed E-state index contributed by atoms with van der Waals surface area (Å²) in [5, 5.41) is 4.10. The lowest BCUT2D eigenvalue weighted by molar-refractivity contribution is -0.120. The number of hydrogen-bond donors (Lipinski definition) is 2. The van der Waals surface area contributed by atoms with E-state index in [0.29, 0.717) is 18.5 Å². The number of piperazine rings is 1. The van der Waals surface area contributed by atoms with Gasteiger partial charge in [0.05, 0.1) is 5.56 Å². The molecule has 2 fully saturated rings. The lowest BCUT2D eigenvalue weighted by Crippen LogP contribution is -2.51. The van der Waals surface area contributed by atoms with Gasteiger partial charge in [0.25, 0.3) is 6.47 Å². The van der Waals surface area contributed by atoms with Crippen LogP contribution in [0.3, 0.4) is 0 Å². The van der Waals surface area contributed by atoms with E-state index in [1.54, 1.807) is 4.90 Å². The molecule has 8 nitrogen and oxygen atoms in total. The Labute approximate surface area is 204 Å². The van der Waals surface area contributed by atoms with E-state index in [1.807, 2.05) is 0 Å². The number of carbonyl (C=O) groups excluding carboxylic acids is 1. The first-order valence-electron chi connectivity index (χ1n) is 11.3. The fourth-order valence-corrected chi connectivity index (χ4v) is 4.87. The van der Waals surface area contributed by atoms with Crippen LogP contribution in [0.25, 0.3) is 22.0 Å². The number of anilines is 1. The van der Waals surface area contributed by atoms with Gasteiger partial charge in [-0.2, -0.15) is 0 Å². The molecule has 0 saturated carbocycles. The molecule has 0 amide bonds. The largest absolute Gasteiger partial charge is 0.429 e. The van der Waals surface area contributed by atoms with Crippen LogP contribution in [0, 0.1) is 24.0 Å². The van der Waals surface area contributed by atoms with Crippen molar-refractivity contribution in [2.75, 3.05) is 18.0 Å². The Hall–Kier alpha value is -4.36. The Kier molecular flexibility index (Phi) is 6.31. The number of carbonyl (C=O) groups is 1. The standard InChI is InChI=1S/C26H21F2N5O3/c1-2-19-21(27)7-4-15-10-18(36-14-34)11-20(22(15)19)24-23(28)25(32-26(35)30-9-3-8-29-24)33-12-16-5-6-17(13-33)31-16/h1,3-4,7-11,14,16-17,31H,5-6,12-13H2,(H,30,32,35). The number of terminal acetylenes is 1. The van der Waals surface area contributed by atoms with Crippen LogP contribution in [-0.2, 0) is 4.79 Å². The molecule has 3 heterocycles. The molecule has 0 aliphatic carbocycles. The zero-order chi connectivity index (χ0) is 25.2. The number of ether oxygens (including phenoxy) is 1. The first kappa shape index (κ1) is 23.4. The Morgan fingerprint density at radius 1 is 1.14 bits per heavy atom. The predicted molar refractivity (Wildman–Crippen MR) is 130 cm³/mol. The molecule has 2 aromatic carbocycles. The van der Waals surface area contributed by atoms with Crippen molar-refractivity contribution in [1.82, 2.24) is 20.3 Å². The monoisotopic (exact) mass is 489 g/mol. The lowest BCUT2D eigenvalue weighted by Gasteiger charge is -2.34. The van der Waals surface area contributed by atoms with Gasteiger partial charge in [0, 0.05) is 48.5 Å². The van der Waals surface area contributed by atoms with Gasteiger partial charge in [0.15, 0.2) is 5.82 Å². The summed E-state index contributed by atoms with van der Waals surface area (Å²) >= 11 is 0. The minimum Gasteiger partial charge on any atom is -0.429 e. The van der Waals surface area contributed by atoms with Crippen molar-refractivity contribution in [2.24, 2.45) is 0 Å². The van der Waals surface area contributed by atoms with Crippen molar-refractivity contribution in [3.05, 3.63) is 70.4 Å². The number of H-pyrrole nitrogens is 1. The van der Waals surface area contributed by atoms with Crippen molar-refractivity contribution >= 4 is 23.1 Å². The molecule has 2 atom stereocenters. The third-order valence-corrected chi connectivity index (χ3v) is 6.37. The molecule has 5 rings (SSSR count). The summed E-state index contributed by atoms with van der Waals surface area (Å²) in [6, 6.07) is 7.15. The SMILES string of the molecule is C#Cc1c(F)ccc2cc(OC=O)cc(-c3ncccnc(=O)[nH]c(N4CC5CCC(C4)N5)c3F)c12. The lowest BCUT2D eigenvalue weighted by atomic mass is 9.96. The minimum atomic E-state index is -0.858. The highest BCUT2D eigenvalue weighted by atomic mass is 19.1. The summed E-state index contributed by atoms with van der Waals surface area (Å²) in [5.74, 6) is 0.790. The van der Waals surface area contributed by atoms with Crippen molar-refractivity contribution < 1.29 is 18.3 Å². The van der Waals surface area contributed by atoms with Gasteiger partial charge in [-0.1, -0.05) is 12.0 Å². The molecule has 3 aromatic rings. The average molecular weight is 489 g/mol. The highest BCUT2D eigenvalue weighted by Crippen LogP contribution is 2.37. The first-order chi connectivity index (χ1) is 17.5. The van der Waals surface area contributed by atoms with Crippen LogP contribution in [0.2, 0.25) is 0 Å². The smallest absolute Gasteiger partial charge is 0.346 e. The number of nitrogens with one attached hydrogen (secondary N) is 2. The van der Waals surface area contributed by atoms with Crippen LogP contribution in [-0.4, -0.2) is 46.6 Å². The van der Waals surface area contributed by atoms with Gasteiger partial charge in [0.1, 0.15) is 23.1 Å². The molecule has 36 heavy (non-hydrogen) atoms. The second-order valence-corrected chi connectivity index (χ2v) is 8.58. The van der Waals surface area contributed by atoms with Crippen molar-refractivity contribution in [1.29, 1.82) is 0 Å². The van der Waals surface area contributed by atoms with Crippen molar-refractivity contribution in [2.45, 2.75) is 24.9 Å². The van der Waals surface area contributed by atoms with Crippen LogP contribution in [0.5, 0.6) is 5.75 Å². The topological polar surface area (TPSA) is 100 Å². The fraction of sp³-hybridized carbons (Fsp3) is 0.231. The molecular formula is C26H21F2N5O3. The molecule has 2 bridgehead atoms. The fourth-order valence-electron chi connectivity index (χ4n) is 4.87. The van der Waals surface area contributed by atoms with E-state index in [1.165, 1.54) is 42.7 Å². The second-order valence-electron chi connectivity index (χ2n) is 8.58. The molecule has 1 aromatic heterocycles. The third kappa shape index (κ3) is 4.36. The van der Waals surface area contributed by atoms with Crippen molar-refractivity contribution in [3.8, 4) is 29.4 Å². The third-order valence-electron chi connectivity index (χ3n) is 6.37. The van der Waals surface area contributed by atoms with Gasteiger partial charge < -0.3 is 15.0 Å². The summed E-state index contributed by atoms with van der Waals surface area (Å²) in [5.41, 5.74) is -0.966. The molecule has 2 unspecified atom stereocenters. The summed E-state index contributed by atoms with van der Waals surface area (Å²) < 4.78 is 36.2. The molecule has 2 saturated heterocycles. The maximum atomic E-state index is 16.5. The molecule has 0 spiro atoms. The van der Waals surface area contributed by atoms with E-state index in [2.05, 4.69) is 26.2 Å². The summed E-state index contributed by atoms with van der Waals surface area (Å²) in [6.07, 6.45) is 9.99. The van der Waals surface area contributed by atoms with E-state index in [0.717, 1.165) is 12.8 Å². The van der Waals surface area contributed by atoms with Gasteiger partial charge in [-0.05, 0) is 42.5 Å². The quantitative estimate of drug-likeness (QED) is 0.429. The number of benzene rings is 2. The van der Waals surface area contributed by atoms with Gasteiger partial charge >= 0.3 is 5.69 Å². The highest BCUT2D eigenvalue weighted by molar-refractivity contribution is 6.01. The molecule has 2 aliphatic heterocycles. The van der Waals surface area contributed by atoms with Gasteiger partial charge in [0.2, 0.25) is 0 Å². The molecule has 182 valence electrons. The molecule has 2 aliphatic rings. The number of halogens is 2. The Morgan fingerprint density at radius 3 is 2.61 bits per heavy atom. The Morgan fingerprint density at radius 2 is 1.89 bits per heavy atom. The first-order valence-corrected chi connectivity index (χ1v) is 11.3. The van der Waals surface area contributed by atoms with Crippen LogP contribution in [0.1, 0.15) is 18.4 Å². The number of aromatic nitrogens is 3. The number of hydrogen-bond acceptors (Lipinski definition) is 7. The van der Waals surface area contributed by atoms with Gasteiger partial charge in [-0.3, -0.25) is 14.8 Å². The van der Waals surface area contributed by atoms with Gasteiger partial charge in [-0.15, -0.1) is 6.42 Å². The molecule has 10 heteroatoms. The van der Waals surface area contributed by atoms with Crippen LogP contribution < -0.4 is 20.6 Å². The van der Waals surface area contributed by atoms with E-state index in [-0.39, 0.29) is 52.3 Å². The van der Waals surface area contributed by atoms with Crippen LogP contribution in [0.15, 0.2) is 47.5 Å². The number of rotatable bonds is 4. The van der Waals surface area contributed by atoms with E-state index in [9.17, 15) is 14.0 Å². The van der Waals surface area contributed by atoms with E-state index in [4.69, 9.17) is 11.2 Å². The van der Waals surface area contributed by atoms with E-state index < -0.39 is 17.3 Å². The zero-order valence-corrected chi connectivity index (χ0v) is 19.0. The predicted octanol–water partition coefficient (Wildman–Crippen LogP) is 2.84. The summed E-state index contributed by atoms with van der Waals surface area (Å²) in [7, 11) is 0.